The third-order valence-corrected chi connectivity index (χ3v) is 2.97. The Labute approximate surface area is 121 Å². The largest absolute Gasteiger partial charge is 0.490 e. The van der Waals surface area contributed by atoms with E-state index < -0.39 is 0 Å². The van der Waals surface area contributed by atoms with Gasteiger partial charge in [0.1, 0.15) is 0 Å². The van der Waals surface area contributed by atoms with Crippen LogP contribution in [0.4, 0.5) is 0 Å². The van der Waals surface area contributed by atoms with Crippen LogP contribution in [0.25, 0.3) is 0 Å². The molecule has 0 bridgehead atoms. The zero-order valence-electron chi connectivity index (χ0n) is 11.4. The van der Waals surface area contributed by atoms with Crippen molar-refractivity contribution in [1.29, 1.82) is 0 Å². The summed E-state index contributed by atoms with van der Waals surface area (Å²) in [5.74, 6) is 0.991. The van der Waals surface area contributed by atoms with Crippen molar-refractivity contribution in [2.75, 3.05) is 27.3 Å². The van der Waals surface area contributed by atoms with Crippen molar-refractivity contribution in [2.24, 2.45) is 0 Å². The molecule has 0 heterocycles. The molecule has 0 saturated heterocycles. The van der Waals surface area contributed by atoms with Crippen LogP contribution in [0.15, 0.2) is 16.6 Å². The molecule has 5 nitrogen and oxygen atoms in total. The summed E-state index contributed by atoms with van der Waals surface area (Å²) in [5, 5.41) is 5.59. The molecule has 0 atom stereocenters. The van der Waals surface area contributed by atoms with Crippen LogP contribution in [0.2, 0.25) is 0 Å². The number of ether oxygens (including phenoxy) is 2. The highest BCUT2D eigenvalue weighted by molar-refractivity contribution is 9.10. The number of rotatable bonds is 7. The molecule has 1 aromatic rings. The highest BCUT2D eigenvalue weighted by Crippen LogP contribution is 2.36. The SMILES string of the molecule is CCOc1cc(CNC)cc(Br)c1OCC(=O)NC. The van der Waals surface area contributed by atoms with Gasteiger partial charge in [-0.15, -0.1) is 0 Å². The Morgan fingerprint density at radius 2 is 2.05 bits per heavy atom. The third kappa shape index (κ3) is 4.72. The van der Waals surface area contributed by atoms with E-state index in [2.05, 4.69) is 26.6 Å². The van der Waals surface area contributed by atoms with E-state index in [9.17, 15) is 4.79 Å². The summed E-state index contributed by atoms with van der Waals surface area (Å²) in [6.45, 7) is 3.13. The highest BCUT2D eigenvalue weighted by atomic mass is 79.9. The summed E-state index contributed by atoms with van der Waals surface area (Å²) >= 11 is 3.45. The Morgan fingerprint density at radius 1 is 1.32 bits per heavy atom. The topological polar surface area (TPSA) is 59.6 Å². The number of likely N-dealkylation sites (N-methyl/N-ethyl adjacent to an activating group) is 1. The molecule has 0 spiro atoms. The van der Waals surface area contributed by atoms with E-state index in [-0.39, 0.29) is 12.5 Å². The molecule has 1 rings (SSSR count). The Bertz CT molecular complexity index is 438. The summed E-state index contributed by atoms with van der Waals surface area (Å²) < 4.78 is 11.8. The molecule has 0 aromatic heterocycles. The van der Waals surface area contributed by atoms with Crippen LogP contribution < -0.4 is 20.1 Å². The van der Waals surface area contributed by atoms with Crippen LogP contribution in [0.1, 0.15) is 12.5 Å². The molecule has 0 aliphatic heterocycles. The second-order valence-corrected chi connectivity index (χ2v) is 4.68. The number of carbonyl (C=O) groups is 1. The third-order valence-electron chi connectivity index (χ3n) is 2.38. The molecule has 19 heavy (non-hydrogen) atoms. The van der Waals surface area contributed by atoms with E-state index in [4.69, 9.17) is 9.47 Å². The Hall–Kier alpha value is -1.27. The minimum Gasteiger partial charge on any atom is -0.490 e. The van der Waals surface area contributed by atoms with Crippen LogP contribution in [0.3, 0.4) is 0 Å². The van der Waals surface area contributed by atoms with Crippen molar-refractivity contribution in [3.8, 4) is 11.5 Å². The number of carbonyl (C=O) groups excluding carboxylic acids is 1. The van der Waals surface area contributed by atoms with Crippen molar-refractivity contribution in [1.82, 2.24) is 10.6 Å². The van der Waals surface area contributed by atoms with E-state index in [0.29, 0.717) is 18.1 Å². The minimum absolute atomic E-state index is 0.0411. The minimum atomic E-state index is -0.186. The van der Waals surface area contributed by atoms with Crippen molar-refractivity contribution < 1.29 is 14.3 Å². The molecule has 0 aliphatic rings. The number of nitrogens with one attached hydrogen (secondary N) is 2. The van der Waals surface area contributed by atoms with Crippen molar-refractivity contribution >= 4 is 21.8 Å². The molecule has 0 saturated carbocycles. The Kier molecular flexibility index (Phi) is 6.66. The summed E-state index contributed by atoms with van der Waals surface area (Å²) in [5.41, 5.74) is 1.07. The lowest BCUT2D eigenvalue weighted by Crippen LogP contribution is -2.25. The van der Waals surface area contributed by atoms with Crippen LogP contribution in [0, 0.1) is 0 Å². The van der Waals surface area contributed by atoms with Gasteiger partial charge in [-0.1, -0.05) is 0 Å². The second kappa shape index (κ2) is 8.01. The standard InChI is InChI=1S/C13H19BrN2O3/c1-4-18-11-6-9(7-15-2)5-10(14)13(11)19-8-12(17)16-3/h5-6,15H,4,7-8H2,1-3H3,(H,16,17). The smallest absolute Gasteiger partial charge is 0.257 e. The first-order valence-corrected chi connectivity index (χ1v) is 6.84. The number of benzene rings is 1. The average molecular weight is 331 g/mol. The number of hydrogen-bond acceptors (Lipinski definition) is 4. The first-order valence-electron chi connectivity index (χ1n) is 6.05. The molecule has 0 aliphatic carbocycles. The number of amides is 1. The molecule has 1 amide bonds. The maximum Gasteiger partial charge on any atom is 0.257 e. The summed E-state index contributed by atoms with van der Waals surface area (Å²) in [7, 11) is 3.45. The maximum absolute atomic E-state index is 11.2. The van der Waals surface area contributed by atoms with Gasteiger partial charge in [0, 0.05) is 13.6 Å². The van der Waals surface area contributed by atoms with Crippen LogP contribution in [-0.4, -0.2) is 33.2 Å². The van der Waals surface area contributed by atoms with Gasteiger partial charge >= 0.3 is 0 Å². The van der Waals surface area contributed by atoms with Gasteiger partial charge in [0.05, 0.1) is 11.1 Å². The van der Waals surface area contributed by atoms with Crippen LogP contribution >= 0.6 is 15.9 Å². The van der Waals surface area contributed by atoms with Gasteiger partial charge in [-0.25, -0.2) is 0 Å². The molecule has 0 unspecified atom stereocenters. The maximum atomic E-state index is 11.2. The van der Waals surface area contributed by atoms with Gasteiger partial charge in [-0.3, -0.25) is 4.79 Å². The van der Waals surface area contributed by atoms with E-state index in [1.807, 2.05) is 26.1 Å². The fourth-order valence-corrected chi connectivity index (χ4v) is 2.14. The molecular weight excluding hydrogens is 312 g/mol. The molecule has 0 fully saturated rings. The zero-order chi connectivity index (χ0) is 14.3. The van der Waals surface area contributed by atoms with Crippen LogP contribution in [0.5, 0.6) is 11.5 Å². The average Bonchev–Trinajstić information content (AvgIpc) is 2.38. The molecule has 2 N–H and O–H groups in total. The van der Waals surface area contributed by atoms with Gasteiger partial charge in [0.2, 0.25) is 0 Å². The van der Waals surface area contributed by atoms with Gasteiger partial charge in [-0.05, 0) is 47.6 Å². The lowest BCUT2D eigenvalue weighted by molar-refractivity contribution is -0.122. The molecule has 106 valence electrons. The first-order chi connectivity index (χ1) is 9.12. The fraction of sp³-hybridized carbons (Fsp3) is 0.462. The fourth-order valence-electron chi connectivity index (χ4n) is 1.54. The Morgan fingerprint density at radius 3 is 2.63 bits per heavy atom. The predicted molar refractivity (Wildman–Crippen MR) is 77.6 cm³/mol. The Balaban J connectivity index is 2.96. The second-order valence-electron chi connectivity index (χ2n) is 3.83. The summed E-state index contributed by atoms with van der Waals surface area (Å²) in [6.07, 6.45) is 0. The molecular formula is C13H19BrN2O3. The first kappa shape index (κ1) is 15.8. The molecule has 6 heteroatoms. The molecule has 0 radical (unpaired) electrons. The normalized spacial score (nSPS) is 10.1. The van der Waals surface area contributed by atoms with E-state index in [1.54, 1.807) is 7.05 Å². The lowest BCUT2D eigenvalue weighted by Gasteiger charge is -2.15. The lowest BCUT2D eigenvalue weighted by atomic mass is 10.2. The van der Waals surface area contributed by atoms with Crippen LogP contribution in [-0.2, 0) is 11.3 Å². The number of halogens is 1. The van der Waals surface area contributed by atoms with Crippen molar-refractivity contribution in [3.05, 3.63) is 22.2 Å². The van der Waals surface area contributed by atoms with Gasteiger partial charge in [0.25, 0.3) is 5.91 Å². The van der Waals surface area contributed by atoms with Gasteiger partial charge in [-0.2, -0.15) is 0 Å². The summed E-state index contributed by atoms with van der Waals surface area (Å²) in [4.78, 5) is 11.2. The molecule has 1 aromatic carbocycles. The predicted octanol–water partition coefficient (Wildman–Crippen LogP) is 1.69. The van der Waals surface area contributed by atoms with Gasteiger partial charge < -0.3 is 20.1 Å². The number of hydrogen-bond donors (Lipinski definition) is 2. The van der Waals surface area contributed by atoms with Crippen molar-refractivity contribution in [2.45, 2.75) is 13.5 Å². The van der Waals surface area contributed by atoms with E-state index >= 15 is 0 Å². The van der Waals surface area contributed by atoms with Gasteiger partial charge in [0.15, 0.2) is 18.1 Å². The van der Waals surface area contributed by atoms with E-state index in [0.717, 1.165) is 16.6 Å². The quantitative estimate of drug-likeness (QED) is 0.798. The van der Waals surface area contributed by atoms with Crippen molar-refractivity contribution in [3.63, 3.8) is 0 Å². The zero-order valence-corrected chi connectivity index (χ0v) is 13.0. The highest BCUT2D eigenvalue weighted by Gasteiger charge is 2.13. The summed E-state index contributed by atoms with van der Waals surface area (Å²) in [6, 6.07) is 3.85. The monoisotopic (exact) mass is 330 g/mol. The van der Waals surface area contributed by atoms with E-state index in [1.165, 1.54) is 0 Å².